The van der Waals surface area contributed by atoms with Crippen molar-refractivity contribution in [3.63, 3.8) is 0 Å². The van der Waals surface area contributed by atoms with Crippen LogP contribution in [-0.4, -0.2) is 34.4 Å². The van der Waals surface area contributed by atoms with Crippen molar-refractivity contribution in [2.45, 2.75) is 53.1 Å². The molecule has 1 aromatic heterocycles. The molecular weight excluding hydrogens is 400 g/mol. The van der Waals surface area contributed by atoms with E-state index in [1.54, 1.807) is 11.1 Å². The second-order valence-corrected chi connectivity index (χ2v) is 9.53. The first kappa shape index (κ1) is 21.9. The van der Waals surface area contributed by atoms with Crippen LogP contribution in [0, 0.1) is 13.8 Å². The van der Waals surface area contributed by atoms with E-state index in [4.69, 9.17) is 4.74 Å². The summed E-state index contributed by atoms with van der Waals surface area (Å²) in [6.07, 6.45) is 1.39. The highest BCUT2D eigenvalue weighted by Gasteiger charge is 2.37. The number of aromatic nitrogens is 1. The standard InChI is InChI=1S/C27H30N2O3/c1-16(2)32-26(31)21-14-29(25(30)19-12-11-17(3)18(4)13-19)15-27(5,6)23-20-9-7-8-10-22(20)28-24(21)23/h7-14,16,28H,15H2,1-6H3. The van der Waals surface area contributed by atoms with Gasteiger partial charge in [0, 0.05) is 34.6 Å². The van der Waals surface area contributed by atoms with Gasteiger partial charge in [0.2, 0.25) is 0 Å². The van der Waals surface area contributed by atoms with Crippen molar-refractivity contribution in [3.05, 3.63) is 76.6 Å². The lowest BCUT2D eigenvalue weighted by atomic mass is 9.81. The monoisotopic (exact) mass is 430 g/mol. The Balaban J connectivity index is 1.89. The van der Waals surface area contributed by atoms with Gasteiger partial charge in [-0.2, -0.15) is 0 Å². The van der Waals surface area contributed by atoms with Gasteiger partial charge in [-0.25, -0.2) is 4.79 Å². The van der Waals surface area contributed by atoms with Crippen LogP contribution in [0.3, 0.4) is 0 Å². The Morgan fingerprint density at radius 2 is 1.78 bits per heavy atom. The lowest BCUT2D eigenvalue weighted by molar-refractivity contribution is -0.140. The first-order chi connectivity index (χ1) is 15.1. The van der Waals surface area contributed by atoms with Crippen molar-refractivity contribution >= 4 is 28.4 Å². The number of esters is 1. The zero-order valence-electron chi connectivity index (χ0n) is 19.6. The minimum Gasteiger partial charge on any atom is -0.459 e. The van der Waals surface area contributed by atoms with E-state index in [0.29, 0.717) is 17.7 Å². The zero-order chi connectivity index (χ0) is 23.2. The average molecular weight is 431 g/mol. The molecule has 0 saturated heterocycles. The maximum atomic E-state index is 13.5. The molecule has 0 radical (unpaired) electrons. The zero-order valence-corrected chi connectivity index (χ0v) is 19.6. The van der Waals surface area contributed by atoms with Gasteiger partial charge in [0.05, 0.1) is 17.4 Å². The topological polar surface area (TPSA) is 62.4 Å². The number of rotatable bonds is 3. The Bertz CT molecular complexity index is 1250. The molecule has 0 saturated carbocycles. The van der Waals surface area contributed by atoms with Gasteiger partial charge in [0.15, 0.2) is 0 Å². The Hall–Kier alpha value is -3.34. The van der Waals surface area contributed by atoms with Crippen molar-refractivity contribution in [3.8, 4) is 0 Å². The summed E-state index contributed by atoms with van der Waals surface area (Å²) in [5.41, 5.74) is 5.47. The number of H-pyrrole nitrogens is 1. The number of carbonyl (C=O) groups excluding carboxylic acids is 2. The number of aromatic amines is 1. The SMILES string of the molecule is Cc1ccc(C(=O)N2C=C(C(=O)OC(C)C)c3[nH]c4ccccc4c3C(C)(C)C2)cc1C. The van der Waals surface area contributed by atoms with Gasteiger partial charge in [0.1, 0.15) is 0 Å². The summed E-state index contributed by atoms with van der Waals surface area (Å²) in [7, 11) is 0. The summed E-state index contributed by atoms with van der Waals surface area (Å²) < 4.78 is 5.57. The number of amides is 1. The van der Waals surface area contributed by atoms with E-state index in [0.717, 1.165) is 33.3 Å². The largest absolute Gasteiger partial charge is 0.459 e. The molecule has 0 bridgehead atoms. The van der Waals surface area contributed by atoms with Gasteiger partial charge in [-0.3, -0.25) is 4.79 Å². The van der Waals surface area contributed by atoms with Crippen molar-refractivity contribution in [1.82, 2.24) is 9.88 Å². The minimum atomic E-state index is -0.441. The molecule has 1 aliphatic heterocycles. The van der Waals surface area contributed by atoms with Gasteiger partial charge >= 0.3 is 5.97 Å². The predicted octanol–water partition coefficient (Wildman–Crippen LogP) is 5.51. The molecule has 5 heteroatoms. The highest BCUT2D eigenvalue weighted by atomic mass is 16.5. The second-order valence-electron chi connectivity index (χ2n) is 9.53. The van der Waals surface area contributed by atoms with Gasteiger partial charge in [0.25, 0.3) is 5.91 Å². The van der Waals surface area contributed by atoms with Crippen LogP contribution in [-0.2, 0) is 14.9 Å². The summed E-state index contributed by atoms with van der Waals surface area (Å²) in [5.74, 6) is -0.575. The minimum absolute atomic E-state index is 0.134. The molecule has 0 fully saturated rings. The maximum absolute atomic E-state index is 13.5. The molecular formula is C27H30N2O3. The quantitative estimate of drug-likeness (QED) is 0.557. The van der Waals surface area contributed by atoms with Crippen LogP contribution in [0.5, 0.6) is 0 Å². The van der Waals surface area contributed by atoms with Crippen molar-refractivity contribution in [2.24, 2.45) is 0 Å². The Labute approximate surface area is 189 Å². The van der Waals surface area contributed by atoms with E-state index in [2.05, 4.69) is 24.9 Å². The predicted molar refractivity (Wildman–Crippen MR) is 127 cm³/mol. The third-order valence-corrected chi connectivity index (χ3v) is 6.08. The number of para-hydroxylation sites is 1. The molecule has 0 aliphatic carbocycles. The fourth-order valence-electron chi connectivity index (χ4n) is 4.42. The third kappa shape index (κ3) is 3.83. The van der Waals surface area contributed by atoms with Crippen molar-refractivity contribution in [2.75, 3.05) is 6.54 Å². The Morgan fingerprint density at radius 1 is 1.06 bits per heavy atom. The normalized spacial score (nSPS) is 15.3. The van der Waals surface area contributed by atoms with Gasteiger partial charge in [-0.1, -0.05) is 38.1 Å². The van der Waals surface area contributed by atoms with Crippen LogP contribution in [0.25, 0.3) is 16.5 Å². The summed E-state index contributed by atoms with van der Waals surface area (Å²) >= 11 is 0. The van der Waals surface area contributed by atoms with Crippen LogP contribution in [0.1, 0.15) is 60.4 Å². The molecule has 4 rings (SSSR count). The maximum Gasteiger partial charge on any atom is 0.342 e. The number of nitrogens with one attached hydrogen (secondary N) is 1. The van der Waals surface area contributed by atoms with Crippen LogP contribution in [0.4, 0.5) is 0 Å². The molecule has 1 N–H and O–H groups in total. The number of benzene rings is 2. The van der Waals surface area contributed by atoms with E-state index in [1.165, 1.54) is 0 Å². The number of aryl methyl sites for hydroxylation is 2. The molecule has 5 nitrogen and oxygen atoms in total. The van der Waals surface area contributed by atoms with Crippen LogP contribution >= 0.6 is 0 Å². The highest BCUT2D eigenvalue weighted by molar-refractivity contribution is 6.18. The first-order valence-electron chi connectivity index (χ1n) is 11.0. The molecule has 1 aliphatic rings. The molecule has 2 aromatic carbocycles. The molecule has 2 heterocycles. The van der Waals surface area contributed by atoms with Crippen molar-refractivity contribution in [1.29, 1.82) is 0 Å². The third-order valence-electron chi connectivity index (χ3n) is 6.08. The van der Waals surface area contributed by atoms with Crippen LogP contribution in [0.15, 0.2) is 48.7 Å². The molecule has 0 spiro atoms. The van der Waals surface area contributed by atoms with E-state index < -0.39 is 11.4 Å². The lowest BCUT2D eigenvalue weighted by Gasteiger charge is -2.29. The van der Waals surface area contributed by atoms with Gasteiger partial charge in [-0.15, -0.1) is 0 Å². The molecule has 166 valence electrons. The summed E-state index contributed by atoms with van der Waals surface area (Å²) in [4.78, 5) is 31.8. The van der Waals surface area contributed by atoms with Crippen LogP contribution < -0.4 is 0 Å². The van der Waals surface area contributed by atoms with Crippen molar-refractivity contribution < 1.29 is 14.3 Å². The number of hydrogen-bond donors (Lipinski definition) is 1. The molecule has 3 aromatic rings. The lowest BCUT2D eigenvalue weighted by Crippen LogP contribution is -2.37. The fourth-order valence-corrected chi connectivity index (χ4v) is 4.42. The van der Waals surface area contributed by atoms with Crippen LogP contribution in [0.2, 0.25) is 0 Å². The molecule has 0 atom stereocenters. The van der Waals surface area contributed by atoms with Gasteiger partial charge < -0.3 is 14.6 Å². The molecule has 32 heavy (non-hydrogen) atoms. The first-order valence-corrected chi connectivity index (χ1v) is 11.0. The smallest absolute Gasteiger partial charge is 0.342 e. The Morgan fingerprint density at radius 3 is 2.47 bits per heavy atom. The Kier molecular flexibility index (Phi) is 5.45. The van der Waals surface area contributed by atoms with E-state index in [-0.39, 0.29) is 12.0 Å². The van der Waals surface area contributed by atoms with E-state index in [9.17, 15) is 9.59 Å². The molecule has 0 unspecified atom stereocenters. The second kappa shape index (κ2) is 7.97. The van der Waals surface area contributed by atoms with E-state index in [1.807, 2.05) is 64.1 Å². The summed E-state index contributed by atoms with van der Waals surface area (Å²) in [6, 6.07) is 13.7. The number of hydrogen-bond acceptors (Lipinski definition) is 3. The van der Waals surface area contributed by atoms with E-state index >= 15 is 0 Å². The average Bonchev–Trinajstić information content (AvgIpc) is 3.06. The highest BCUT2D eigenvalue weighted by Crippen LogP contribution is 2.40. The molecule has 1 amide bonds. The summed E-state index contributed by atoms with van der Waals surface area (Å²) in [6.45, 7) is 12.3. The number of fused-ring (bicyclic) bond motifs is 3. The number of carbonyl (C=O) groups is 2. The number of ether oxygens (including phenoxy) is 1. The van der Waals surface area contributed by atoms with Gasteiger partial charge in [-0.05, 0) is 62.6 Å². The summed E-state index contributed by atoms with van der Waals surface area (Å²) in [5, 5.41) is 1.05. The fraction of sp³-hybridized carbons (Fsp3) is 0.333. The number of nitrogens with zero attached hydrogens (tertiary/aromatic N) is 1.